The van der Waals surface area contributed by atoms with Crippen molar-refractivity contribution in [3.63, 3.8) is 0 Å². The van der Waals surface area contributed by atoms with Crippen LogP contribution in [0.4, 0.5) is 5.69 Å². The molecular formula is C14H16N2O5SSi. The lowest BCUT2D eigenvalue weighted by atomic mass is 10.3. The number of nitro groups is 1. The molecule has 0 aliphatic rings. The van der Waals surface area contributed by atoms with Crippen molar-refractivity contribution in [2.24, 2.45) is 0 Å². The first kappa shape index (κ1) is 17.1. The van der Waals surface area contributed by atoms with Crippen LogP contribution in [-0.2, 0) is 10.0 Å². The van der Waals surface area contributed by atoms with Gasteiger partial charge in [-0.05, 0) is 18.2 Å². The highest BCUT2D eigenvalue weighted by atomic mass is 32.2. The molecule has 0 radical (unpaired) electrons. The Morgan fingerprint density at radius 2 is 1.65 bits per heavy atom. The van der Waals surface area contributed by atoms with E-state index in [-0.39, 0.29) is 10.6 Å². The molecule has 2 rings (SSSR count). The van der Waals surface area contributed by atoms with E-state index in [0.717, 1.165) is 24.3 Å². The summed E-state index contributed by atoms with van der Waals surface area (Å²) in [5.41, 5.74) is -0.780. The summed E-state index contributed by atoms with van der Waals surface area (Å²) in [5, 5.41) is 11.2. The van der Waals surface area contributed by atoms with Gasteiger partial charge in [-0.2, -0.15) is 0 Å². The van der Waals surface area contributed by atoms with Crippen LogP contribution in [0.2, 0.25) is 19.6 Å². The molecule has 7 nitrogen and oxygen atoms in total. The minimum Gasteiger partial charge on any atom is -0.268 e. The molecule has 0 saturated heterocycles. The fraction of sp³-hybridized carbons (Fsp3) is 0.214. The van der Waals surface area contributed by atoms with E-state index in [1.165, 1.54) is 12.3 Å². The lowest BCUT2D eigenvalue weighted by Crippen LogP contribution is -2.51. The lowest BCUT2D eigenvalue weighted by molar-refractivity contribution is -0.384. The number of nitro benzene ring substituents is 1. The zero-order chi connectivity index (χ0) is 17.4. The van der Waals surface area contributed by atoms with Gasteiger partial charge in [-0.25, -0.2) is 12.4 Å². The standard InChI is InChI=1S/C14H16N2O5SSi/c1-23(2,3)13-5-4-10-15(14(13)17)22(20,21)12-8-6-11(7-9-12)16(18)19/h4-10H,1-3H3. The molecule has 0 amide bonds. The van der Waals surface area contributed by atoms with Gasteiger partial charge in [0.1, 0.15) is 0 Å². The van der Waals surface area contributed by atoms with Gasteiger partial charge in [0.15, 0.2) is 0 Å². The minimum atomic E-state index is -4.09. The number of rotatable bonds is 4. The average Bonchev–Trinajstić information content (AvgIpc) is 2.46. The molecule has 0 atom stereocenters. The molecule has 2 aromatic rings. The Labute approximate surface area is 134 Å². The number of aromatic nitrogens is 1. The van der Waals surface area contributed by atoms with Crippen LogP contribution in [0.3, 0.4) is 0 Å². The summed E-state index contributed by atoms with van der Waals surface area (Å²) < 4.78 is 25.9. The molecule has 0 saturated carbocycles. The topological polar surface area (TPSA) is 99.3 Å². The maximum Gasteiger partial charge on any atom is 0.270 e. The van der Waals surface area contributed by atoms with Crippen molar-refractivity contribution in [1.82, 2.24) is 3.97 Å². The predicted octanol–water partition coefficient (Wildman–Crippen LogP) is 1.54. The third-order valence-corrected chi connectivity index (χ3v) is 7.00. The maximum absolute atomic E-state index is 12.6. The Balaban J connectivity index is 2.61. The second-order valence-electron chi connectivity index (χ2n) is 6.03. The van der Waals surface area contributed by atoms with Gasteiger partial charge in [-0.3, -0.25) is 14.9 Å². The van der Waals surface area contributed by atoms with Gasteiger partial charge in [-0.1, -0.05) is 25.7 Å². The van der Waals surface area contributed by atoms with Crippen molar-refractivity contribution < 1.29 is 13.3 Å². The van der Waals surface area contributed by atoms with E-state index < -0.39 is 28.6 Å². The SMILES string of the molecule is C[Si](C)(C)c1cccn(S(=O)(=O)c2ccc([N+](=O)[O-])cc2)c1=O. The van der Waals surface area contributed by atoms with Crippen molar-refractivity contribution in [3.8, 4) is 0 Å². The van der Waals surface area contributed by atoms with E-state index in [9.17, 15) is 23.3 Å². The number of non-ortho nitro benzene ring substituents is 1. The molecule has 1 aromatic carbocycles. The average molecular weight is 352 g/mol. The van der Waals surface area contributed by atoms with Crippen molar-refractivity contribution in [2.45, 2.75) is 24.5 Å². The Bertz CT molecular complexity index is 911. The molecule has 122 valence electrons. The fourth-order valence-electron chi connectivity index (χ4n) is 2.09. The number of pyridine rings is 1. The first-order valence-corrected chi connectivity index (χ1v) is 11.7. The van der Waals surface area contributed by atoms with Crippen molar-refractivity contribution in [3.05, 3.63) is 63.1 Å². The van der Waals surface area contributed by atoms with Crippen LogP contribution in [-0.4, -0.2) is 25.4 Å². The number of hydrogen-bond acceptors (Lipinski definition) is 5. The molecule has 0 unspecified atom stereocenters. The Kier molecular flexibility index (Phi) is 4.27. The smallest absolute Gasteiger partial charge is 0.268 e. The summed E-state index contributed by atoms with van der Waals surface area (Å²) in [6.07, 6.45) is 1.20. The van der Waals surface area contributed by atoms with E-state index in [1.807, 2.05) is 19.6 Å². The summed E-state index contributed by atoms with van der Waals surface area (Å²) in [5.74, 6) is 0. The molecule has 1 aromatic heterocycles. The largest absolute Gasteiger partial charge is 0.270 e. The van der Waals surface area contributed by atoms with E-state index in [4.69, 9.17) is 0 Å². The highest BCUT2D eigenvalue weighted by Crippen LogP contribution is 2.17. The van der Waals surface area contributed by atoms with Gasteiger partial charge < -0.3 is 0 Å². The highest BCUT2D eigenvalue weighted by molar-refractivity contribution is 7.90. The van der Waals surface area contributed by atoms with Gasteiger partial charge in [-0.15, -0.1) is 0 Å². The fourth-order valence-corrected chi connectivity index (χ4v) is 4.78. The molecule has 0 aliphatic carbocycles. The maximum atomic E-state index is 12.6. The molecule has 23 heavy (non-hydrogen) atoms. The van der Waals surface area contributed by atoms with Crippen LogP contribution in [0.25, 0.3) is 0 Å². The van der Waals surface area contributed by atoms with Crippen LogP contribution in [0.15, 0.2) is 52.3 Å². The summed E-state index contributed by atoms with van der Waals surface area (Å²) in [6.45, 7) is 5.85. The van der Waals surface area contributed by atoms with Gasteiger partial charge >= 0.3 is 0 Å². The summed E-state index contributed by atoms with van der Waals surface area (Å²) in [6, 6.07) is 7.62. The highest BCUT2D eigenvalue weighted by Gasteiger charge is 2.25. The van der Waals surface area contributed by atoms with E-state index in [1.54, 1.807) is 6.07 Å². The normalized spacial score (nSPS) is 12.1. The zero-order valence-electron chi connectivity index (χ0n) is 12.9. The molecule has 0 fully saturated rings. The van der Waals surface area contributed by atoms with E-state index >= 15 is 0 Å². The Morgan fingerprint density at radius 3 is 2.13 bits per heavy atom. The summed E-state index contributed by atoms with van der Waals surface area (Å²) in [7, 11) is -6.09. The van der Waals surface area contributed by atoms with Gasteiger partial charge in [0, 0.05) is 23.5 Å². The van der Waals surface area contributed by atoms with Crippen molar-refractivity contribution in [2.75, 3.05) is 0 Å². The zero-order valence-corrected chi connectivity index (χ0v) is 14.7. The minimum absolute atomic E-state index is 0.169. The van der Waals surface area contributed by atoms with Crippen LogP contribution in [0.5, 0.6) is 0 Å². The summed E-state index contributed by atoms with van der Waals surface area (Å²) >= 11 is 0. The molecule has 1 heterocycles. The van der Waals surface area contributed by atoms with Crippen LogP contribution >= 0.6 is 0 Å². The van der Waals surface area contributed by atoms with Crippen LogP contribution in [0.1, 0.15) is 0 Å². The quantitative estimate of drug-likeness (QED) is 0.472. The predicted molar refractivity (Wildman–Crippen MR) is 89.4 cm³/mol. The Hall–Kier alpha value is -2.26. The second-order valence-corrected chi connectivity index (χ2v) is 12.9. The van der Waals surface area contributed by atoms with E-state index in [0.29, 0.717) is 9.16 Å². The number of nitrogens with zero attached hydrogens (tertiary/aromatic N) is 2. The third kappa shape index (κ3) is 3.25. The van der Waals surface area contributed by atoms with E-state index in [2.05, 4.69) is 0 Å². The Morgan fingerprint density at radius 1 is 1.09 bits per heavy atom. The lowest BCUT2D eigenvalue weighted by Gasteiger charge is -2.17. The summed E-state index contributed by atoms with van der Waals surface area (Å²) in [4.78, 5) is 22.4. The first-order valence-electron chi connectivity index (χ1n) is 6.77. The van der Waals surface area contributed by atoms with Crippen LogP contribution < -0.4 is 10.7 Å². The molecule has 0 aliphatic heterocycles. The first-order chi connectivity index (χ1) is 10.5. The molecule has 0 spiro atoms. The van der Waals surface area contributed by atoms with Crippen molar-refractivity contribution in [1.29, 1.82) is 0 Å². The van der Waals surface area contributed by atoms with Gasteiger partial charge in [0.2, 0.25) is 0 Å². The molecule has 0 bridgehead atoms. The molecule has 0 N–H and O–H groups in total. The number of benzene rings is 1. The second kappa shape index (κ2) is 5.74. The molecular weight excluding hydrogens is 336 g/mol. The number of hydrogen-bond donors (Lipinski definition) is 0. The monoisotopic (exact) mass is 352 g/mol. The van der Waals surface area contributed by atoms with Crippen molar-refractivity contribution >= 4 is 29.0 Å². The van der Waals surface area contributed by atoms with Gasteiger partial charge in [0.05, 0.1) is 17.9 Å². The van der Waals surface area contributed by atoms with Gasteiger partial charge in [0.25, 0.3) is 21.3 Å². The molecule has 9 heteroatoms. The van der Waals surface area contributed by atoms with Crippen LogP contribution in [0, 0.1) is 10.1 Å². The third-order valence-electron chi connectivity index (χ3n) is 3.33.